The summed E-state index contributed by atoms with van der Waals surface area (Å²) in [6, 6.07) is 4.00. The van der Waals surface area contributed by atoms with Gasteiger partial charge in [-0.1, -0.05) is 11.6 Å². The van der Waals surface area contributed by atoms with Crippen LogP contribution >= 0.6 is 11.6 Å². The lowest BCUT2D eigenvalue weighted by atomic mass is 10.2. The number of benzene rings is 1. The summed E-state index contributed by atoms with van der Waals surface area (Å²) < 4.78 is 9.88. The number of hydrogen-bond acceptors (Lipinski definition) is 6. The first-order valence-electron chi connectivity index (χ1n) is 6.95. The Bertz CT molecular complexity index is 905. The van der Waals surface area contributed by atoms with E-state index in [1.165, 1.54) is 7.11 Å². The van der Waals surface area contributed by atoms with Crippen molar-refractivity contribution in [3.8, 4) is 5.75 Å². The first-order valence-corrected chi connectivity index (χ1v) is 7.32. The van der Waals surface area contributed by atoms with Crippen molar-refractivity contribution in [2.75, 3.05) is 19.0 Å². The van der Waals surface area contributed by atoms with Crippen LogP contribution in [0, 0.1) is 6.92 Å². The van der Waals surface area contributed by atoms with Crippen LogP contribution in [0.4, 0.5) is 5.69 Å². The van der Waals surface area contributed by atoms with Gasteiger partial charge in [-0.15, -0.1) is 0 Å². The van der Waals surface area contributed by atoms with Gasteiger partial charge in [0.05, 0.1) is 12.8 Å². The number of carbonyl (C=O) groups excluding carboxylic acids is 2. The largest absolute Gasteiger partial charge is 0.495 e. The number of methoxy groups -OCH3 is 1. The Kier molecular flexibility index (Phi) is 5.60. The lowest BCUT2D eigenvalue weighted by Crippen LogP contribution is -2.27. The lowest BCUT2D eigenvalue weighted by Gasteiger charge is -2.12. The number of hydrogen-bond donors (Lipinski definition) is 3. The minimum Gasteiger partial charge on any atom is -0.495 e. The van der Waals surface area contributed by atoms with Crippen LogP contribution in [0.15, 0.2) is 27.8 Å². The standard InChI is InChI=1S/C15H14ClN3O6/c1-7-3-9(11(24-2)4-8(7)16)17-13(21)6-25-14(22)10-5-12(20)19-15(23)18-10/h3-5H,6H2,1-2H3,(H,17,21)(H2,18,19,20,23). The van der Waals surface area contributed by atoms with Crippen LogP contribution in [-0.2, 0) is 9.53 Å². The van der Waals surface area contributed by atoms with Gasteiger partial charge in [0.25, 0.3) is 11.5 Å². The molecular weight excluding hydrogens is 354 g/mol. The Morgan fingerprint density at radius 3 is 2.56 bits per heavy atom. The number of aryl methyl sites for hydroxylation is 1. The molecular formula is C15H14ClN3O6. The van der Waals surface area contributed by atoms with Gasteiger partial charge in [0, 0.05) is 17.2 Å². The van der Waals surface area contributed by atoms with E-state index in [0.29, 0.717) is 16.5 Å². The average Bonchev–Trinajstić information content (AvgIpc) is 2.54. The van der Waals surface area contributed by atoms with Gasteiger partial charge in [-0.05, 0) is 18.6 Å². The van der Waals surface area contributed by atoms with Gasteiger partial charge >= 0.3 is 11.7 Å². The van der Waals surface area contributed by atoms with Gasteiger partial charge in [-0.2, -0.15) is 0 Å². The number of aromatic nitrogens is 2. The monoisotopic (exact) mass is 367 g/mol. The Balaban J connectivity index is 2.03. The number of nitrogens with one attached hydrogen (secondary N) is 3. The molecule has 3 N–H and O–H groups in total. The molecule has 0 atom stereocenters. The molecule has 2 aromatic rings. The lowest BCUT2D eigenvalue weighted by molar-refractivity contribution is -0.119. The number of esters is 1. The van der Waals surface area contributed by atoms with E-state index in [9.17, 15) is 19.2 Å². The zero-order chi connectivity index (χ0) is 18.6. The van der Waals surface area contributed by atoms with Crippen molar-refractivity contribution < 1.29 is 19.1 Å². The Morgan fingerprint density at radius 1 is 1.20 bits per heavy atom. The second-order valence-electron chi connectivity index (χ2n) is 4.93. The molecule has 0 fully saturated rings. The van der Waals surface area contributed by atoms with E-state index in [-0.39, 0.29) is 5.69 Å². The van der Waals surface area contributed by atoms with Crippen LogP contribution in [0.25, 0.3) is 0 Å². The number of ether oxygens (including phenoxy) is 2. The maximum Gasteiger partial charge on any atom is 0.355 e. The highest BCUT2D eigenvalue weighted by molar-refractivity contribution is 6.31. The summed E-state index contributed by atoms with van der Waals surface area (Å²) >= 11 is 5.98. The second kappa shape index (κ2) is 7.67. The van der Waals surface area contributed by atoms with Crippen molar-refractivity contribution in [1.29, 1.82) is 0 Å². The van der Waals surface area contributed by atoms with Gasteiger partial charge in [-0.25, -0.2) is 9.59 Å². The molecule has 0 bridgehead atoms. The summed E-state index contributed by atoms with van der Waals surface area (Å²) in [6.07, 6.45) is 0. The molecule has 10 heteroatoms. The SMILES string of the molecule is COc1cc(Cl)c(C)cc1NC(=O)COC(=O)c1cc(=O)[nH]c(=O)[nH]1. The van der Waals surface area contributed by atoms with Gasteiger partial charge in [0.2, 0.25) is 0 Å². The second-order valence-corrected chi connectivity index (χ2v) is 5.33. The molecule has 2 rings (SSSR count). The van der Waals surface area contributed by atoms with E-state index in [1.54, 1.807) is 19.1 Å². The summed E-state index contributed by atoms with van der Waals surface area (Å²) in [7, 11) is 1.42. The molecule has 0 aliphatic heterocycles. The molecule has 0 spiro atoms. The fourth-order valence-electron chi connectivity index (χ4n) is 1.90. The van der Waals surface area contributed by atoms with Gasteiger partial charge in [0.1, 0.15) is 11.4 Å². The average molecular weight is 368 g/mol. The van der Waals surface area contributed by atoms with Crippen LogP contribution in [-0.4, -0.2) is 35.6 Å². The number of amides is 1. The number of rotatable bonds is 5. The highest BCUT2D eigenvalue weighted by atomic mass is 35.5. The van der Waals surface area contributed by atoms with Gasteiger partial charge in [0.15, 0.2) is 6.61 Å². The normalized spacial score (nSPS) is 10.2. The van der Waals surface area contributed by atoms with Crippen molar-refractivity contribution in [2.24, 2.45) is 0 Å². The third-order valence-corrected chi connectivity index (χ3v) is 3.48. The van der Waals surface area contributed by atoms with E-state index in [0.717, 1.165) is 11.6 Å². The third-order valence-electron chi connectivity index (χ3n) is 3.07. The predicted molar refractivity (Wildman–Crippen MR) is 89.3 cm³/mol. The maximum absolute atomic E-state index is 11.9. The molecule has 0 radical (unpaired) electrons. The maximum atomic E-state index is 11.9. The van der Waals surface area contributed by atoms with E-state index in [1.807, 2.05) is 4.98 Å². The number of aromatic amines is 2. The zero-order valence-electron chi connectivity index (χ0n) is 13.3. The zero-order valence-corrected chi connectivity index (χ0v) is 14.0. The van der Waals surface area contributed by atoms with E-state index in [2.05, 4.69) is 10.3 Å². The predicted octanol–water partition coefficient (Wildman–Crippen LogP) is 0.829. The smallest absolute Gasteiger partial charge is 0.355 e. The molecule has 0 aliphatic carbocycles. The molecule has 132 valence electrons. The van der Waals surface area contributed by atoms with Gasteiger partial charge < -0.3 is 19.8 Å². The highest BCUT2D eigenvalue weighted by Gasteiger charge is 2.14. The fraction of sp³-hybridized carbons (Fsp3) is 0.200. The molecule has 25 heavy (non-hydrogen) atoms. The molecule has 9 nitrogen and oxygen atoms in total. The van der Waals surface area contributed by atoms with E-state index >= 15 is 0 Å². The van der Waals surface area contributed by atoms with Crippen LogP contribution in [0.1, 0.15) is 16.1 Å². The van der Waals surface area contributed by atoms with Crippen molar-refractivity contribution in [2.45, 2.75) is 6.92 Å². The van der Waals surface area contributed by atoms with Crippen LogP contribution in [0.2, 0.25) is 5.02 Å². The fourth-order valence-corrected chi connectivity index (χ4v) is 2.06. The number of halogens is 1. The first-order chi connectivity index (χ1) is 11.8. The highest BCUT2D eigenvalue weighted by Crippen LogP contribution is 2.30. The summed E-state index contributed by atoms with van der Waals surface area (Å²) in [6.45, 7) is 1.12. The van der Waals surface area contributed by atoms with Crippen molar-refractivity contribution in [3.05, 3.63) is 55.3 Å². The topological polar surface area (TPSA) is 130 Å². The molecule has 0 saturated heterocycles. The molecule has 1 aromatic heterocycles. The number of carbonyl (C=O) groups is 2. The summed E-state index contributed by atoms with van der Waals surface area (Å²) in [5, 5.41) is 2.99. The van der Waals surface area contributed by atoms with E-state index < -0.39 is 29.7 Å². The quantitative estimate of drug-likeness (QED) is 0.671. The first kappa shape index (κ1) is 18.3. The summed E-state index contributed by atoms with van der Waals surface area (Å²) in [5.41, 5.74) is -0.904. The third kappa shape index (κ3) is 4.70. The molecule has 1 amide bonds. The van der Waals surface area contributed by atoms with Crippen molar-refractivity contribution in [1.82, 2.24) is 9.97 Å². The number of H-pyrrole nitrogens is 2. The summed E-state index contributed by atoms with van der Waals surface area (Å²) in [5.74, 6) is -1.31. The Morgan fingerprint density at radius 2 is 1.92 bits per heavy atom. The minimum atomic E-state index is -1.02. The van der Waals surface area contributed by atoms with Gasteiger partial charge in [-0.3, -0.25) is 14.6 Å². The number of anilines is 1. The molecule has 1 heterocycles. The Hall–Kier alpha value is -3.07. The molecule has 0 aliphatic rings. The minimum absolute atomic E-state index is 0.342. The molecule has 0 unspecified atom stereocenters. The van der Waals surface area contributed by atoms with Crippen molar-refractivity contribution in [3.63, 3.8) is 0 Å². The van der Waals surface area contributed by atoms with E-state index in [4.69, 9.17) is 21.1 Å². The molecule has 1 aromatic carbocycles. The van der Waals surface area contributed by atoms with Crippen molar-refractivity contribution >= 4 is 29.2 Å². The van der Waals surface area contributed by atoms with Crippen LogP contribution in [0.3, 0.4) is 0 Å². The summed E-state index contributed by atoms with van der Waals surface area (Å²) in [4.78, 5) is 49.9. The Labute approximate surface area is 145 Å². The van der Waals surface area contributed by atoms with Crippen LogP contribution in [0.5, 0.6) is 5.75 Å². The van der Waals surface area contributed by atoms with Crippen LogP contribution < -0.4 is 21.3 Å². The molecule has 0 saturated carbocycles.